The van der Waals surface area contributed by atoms with Gasteiger partial charge in [-0.2, -0.15) is 21.6 Å². The summed E-state index contributed by atoms with van der Waals surface area (Å²) in [6.45, 7) is 18.4. The highest BCUT2D eigenvalue weighted by atomic mass is 32.2. The van der Waals surface area contributed by atoms with Crippen LogP contribution in [0.5, 0.6) is 5.75 Å². The molecular formula is C32H47F3N4O7S. The van der Waals surface area contributed by atoms with Crippen molar-refractivity contribution in [3.8, 4) is 5.75 Å². The van der Waals surface area contributed by atoms with E-state index in [4.69, 9.17) is 9.47 Å². The topological polar surface area (TPSA) is 127 Å². The fraction of sp³-hybridized carbons (Fsp3) is 0.562. The third kappa shape index (κ3) is 13.9. The summed E-state index contributed by atoms with van der Waals surface area (Å²) in [5.74, 6) is -0.511. The molecule has 11 nitrogen and oxygen atoms in total. The summed E-state index contributed by atoms with van der Waals surface area (Å²) in [5, 5.41) is 5.39. The number of nitrogens with one attached hydrogen (secondary N) is 2. The molecule has 0 spiro atoms. The zero-order valence-corrected chi connectivity index (χ0v) is 29.2. The number of amides is 2. The van der Waals surface area contributed by atoms with Crippen molar-refractivity contribution in [1.29, 1.82) is 0 Å². The molecule has 1 saturated heterocycles. The van der Waals surface area contributed by atoms with Crippen LogP contribution in [0.1, 0.15) is 78.6 Å². The number of nitrogens with zero attached hydrogens (tertiary/aromatic N) is 2. The minimum atomic E-state index is -5.75. The summed E-state index contributed by atoms with van der Waals surface area (Å²) in [5.41, 5.74) is -4.07. The molecule has 0 saturated carbocycles. The van der Waals surface area contributed by atoms with Crippen molar-refractivity contribution in [2.75, 3.05) is 38.1 Å². The molecule has 0 aliphatic carbocycles. The fourth-order valence-electron chi connectivity index (χ4n) is 4.20. The van der Waals surface area contributed by atoms with Crippen LogP contribution in [0.2, 0.25) is 0 Å². The minimum absolute atomic E-state index is 0.0859. The fourth-order valence-corrected chi connectivity index (χ4v) is 4.65. The van der Waals surface area contributed by atoms with Crippen LogP contribution in [0.15, 0.2) is 48.5 Å². The maximum Gasteiger partial charge on any atom is 0.534 e. The second kappa shape index (κ2) is 15.9. The lowest BCUT2D eigenvalue weighted by Gasteiger charge is -2.34. The van der Waals surface area contributed by atoms with Gasteiger partial charge in [0.15, 0.2) is 0 Å². The van der Waals surface area contributed by atoms with Crippen molar-refractivity contribution in [2.45, 2.75) is 84.2 Å². The maximum absolute atomic E-state index is 12.3. The van der Waals surface area contributed by atoms with Gasteiger partial charge < -0.3 is 34.1 Å². The van der Waals surface area contributed by atoms with Crippen LogP contribution in [0, 0.1) is 0 Å². The van der Waals surface area contributed by atoms with Gasteiger partial charge in [-0.1, -0.05) is 24.3 Å². The molecule has 0 bridgehead atoms. The maximum atomic E-state index is 12.3. The Labute approximate surface area is 275 Å². The van der Waals surface area contributed by atoms with Gasteiger partial charge in [-0.15, -0.1) is 0 Å². The van der Waals surface area contributed by atoms with E-state index < -0.39 is 44.7 Å². The molecule has 1 heterocycles. The Kier molecular flexibility index (Phi) is 13.4. The van der Waals surface area contributed by atoms with Crippen molar-refractivity contribution in [3.63, 3.8) is 0 Å². The van der Waals surface area contributed by atoms with Crippen molar-refractivity contribution in [3.05, 3.63) is 59.7 Å². The Balaban J connectivity index is 0.000000327. The molecule has 1 fully saturated rings. The Morgan fingerprint density at radius 1 is 0.766 bits per heavy atom. The largest absolute Gasteiger partial charge is 0.534 e. The monoisotopic (exact) mass is 688 g/mol. The molecule has 2 N–H and O–H groups in total. The highest BCUT2D eigenvalue weighted by Gasteiger charge is 2.48. The second-order valence-electron chi connectivity index (χ2n) is 13.2. The first-order valence-electron chi connectivity index (χ1n) is 15.1. The number of anilines is 1. The van der Waals surface area contributed by atoms with Gasteiger partial charge in [0.1, 0.15) is 17.0 Å². The van der Waals surface area contributed by atoms with E-state index in [2.05, 4.69) is 49.9 Å². The summed E-state index contributed by atoms with van der Waals surface area (Å²) in [6, 6.07) is 12.6. The summed E-state index contributed by atoms with van der Waals surface area (Å²) in [4.78, 5) is 28.3. The van der Waals surface area contributed by atoms with E-state index in [1.165, 1.54) is 17.8 Å². The van der Waals surface area contributed by atoms with Crippen molar-refractivity contribution < 1.29 is 44.8 Å². The van der Waals surface area contributed by atoms with Crippen LogP contribution in [-0.2, 0) is 19.6 Å². The van der Waals surface area contributed by atoms with E-state index in [0.29, 0.717) is 5.56 Å². The average molecular weight is 689 g/mol. The van der Waals surface area contributed by atoms with Crippen LogP contribution >= 0.6 is 0 Å². The van der Waals surface area contributed by atoms with E-state index in [1.54, 1.807) is 27.7 Å². The number of carbonyl (C=O) groups is 2. The van der Waals surface area contributed by atoms with Crippen molar-refractivity contribution in [1.82, 2.24) is 15.5 Å². The lowest BCUT2D eigenvalue weighted by Crippen LogP contribution is -2.44. The van der Waals surface area contributed by atoms with Crippen molar-refractivity contribution in [2.24, 2.45) is 0 Å². The Hall–Kier alpha value is -3.72. The van der Waals surface area contributed by atoms with Crippen LogP contribution in [-0.4, -0.2) is 75.4 Å². The Bertz CT molecular complexity index is 1450. The van der Waals surface area contributed by atoms with E-state index >= 15 is 0 Å². The molecule has 0 aromatic heterocycles. The summed E-state index contributed by atoms with van der Waals surface area (Å²) in [6.07, 6.45) is -1.10. The number of halogens is 3. The number of hydrogen-bond acceptors (Lipinski definition) is 9. The quantitative estimate of drug-likeness (QED) is 0.247. The van der Waals surface area contributed by atoms with E-state index in [0.717, 1.165) is 43.9 Å². The zero-order valence-electron chi connectivity index (χ0n) is 28.4. The van der Waals surface area contributed by atoms with Gasteiger partial charge >= 0.3 is 27.8 Å². The number of hydrogen-bond donors (Lipinski definition) is 2. The third-order valence-electron chi connectivity index (χ3n) is 6.55. The summed E-state index contributed by atoms with van der Waals surface area (Å²) >= 11 is 0. The normalized spacial score (nSPS) is 15.8. The first kappa shape index (κ1) is 39.5. The van der Waals surface area contributed by atoms with Gasteiger partial charge in [-0.3, -0.25) is 0 Å². The standard InChI is InChI=1S/C18H29N3O2.C14H18F3NO5S/c1-14(19-17(22)23-18(2,3)4)15-7-6-8-16(13-15)21-11-9-20(5)10-12-21;1-9(18-12(19)22-13(2,3)4)10-6-5-7-11(8-10)23-24(20,21)14(15,16)17/h6-8,13-14H,9-12H2,1-5H3,(H,19,22);5-9H,1-4H3,(H,18,19)/t14-;9-/m11/s1. The zero-order chi connectivity index (χ0) is 35.8. The molecule has 1 aliphatic rings. The van der Waals surface area contributed by atoms with Crippen LogP contribution < -0.4 is 19.7 Å². The van der Waals surface area contributed by atoms with Crippen LogP contribution in [0.25, 0.3) is 0 Å². The highest BCUT2D eigenvalue weighted by Crippen LogP contribution is 2.28. The van der Waals surface area contributed by atoms with E-state index in [9.17, 15) is 31.2 Å². The molecule has 0 unspecified atom stereocenters. The van der Waals surface area contributed by atoms with Crippen LogP contribution in [0.4, 0.5) is 28.4 Å². The molecule has 264 valence electrons. The van der Waals surface area contributed by atoms with Gasteiger partial charge in [0.2, 0.25) is 0 Å². The Morgan fingerprint density at radius 3 is 1.66 bits per heavy atom. The van der Waals surface area contributed by atoms with Crippen molar-refractivity contribution >= 4 is 28.0 Å². The second-order valence-corrected chi connectivity index (χ2v) is 14.7. The molecule has 1 aliphatic heterocycles. The minimum Gasteiger partial charge on any atom is -0.444 e. The highest BCUT2D eigenvalue weighted by molar-refractivity contribution is 7.88. The molecular weight excluding hydrogens is 641 g/mol. The lowest BCUT2D eigenvalue weighted by atomic mass is 10.1. The van der Waals surface area contributed by atoms with E-state index in [1.807, 2.05) is 33.8 Å². The number of piperazine rings is 1. The number of alkyl carbamates (subject to hydrolysis) is 2. The van der Waals surface area contributed by atoms with Gasteiger partial charge in [-0.05, 0) is 97.8 Å². The number of benzene rings is 2. The lowest BCUT2D eigenvalue weighted by molar-refractivity contribution is -0.0500. The molecule has 0 radical (unpaired) electrons. The molecule has 2 aromatic rings. The van der Waals surface area contributed by atoms with Gasteiger partial charge in [0, 0.05) is 31.9 Å². The summed E-state index contributed by atoms with van der Waals surface area (Å²) in [7, 11) is -3.60. The predicted octanol–water partition coefficient (Wildman–Crippen LogP) is 6.52. The molecule has 15 heteroatoms. The molecule has 47 heavy (non-hydrogen) atoms. The van der Waals surface area contributed by atoms with E-state index in [-0.39, 0.29) is 12.1 Å². The van der Waals surface area contributed by atoms with Gasteiger partial charge in [0.25, 0.3) is 0 Å². The number of likely N-dealkylation sites (N-methyl/N-ethyl adjacent to an activating group) is 1. The molecule has 2 amide bonds. The van der Waals surface area contributed by atoms with Gasteiger partial charge in [-0.25, -0.2) is 9.59 Å². The third-order valence-corrected chi connectivity index (χ3v) is 7.53. The average Bonchev–Trinajstić information content (AvgIpc) is 2.91. The Morgan fingerprint density at radius 2 is 1.21 bits per heavy atom. The number of ether oxygens (including phenoxy) is 2. The molecule has 2 aromatic carbocycles. The number of alkyl halides is 3. The molecule has 2 atom stereocenters. The smallest absolute Gasteiger partial charge is 0.444 e. The number of rotatable bonds is 7. The summed E-state index contributed by atoms with van der Waals surface area (Å²) < 4.78 is 73.4. The first-order chi connectivity index (χ1) is 21.5. The molecule has 3 rings (SSSR count). The SMILES string of the molecule is C[C@@H](NC(=O)OC(C)(C)C)c1cccc(N2CCN(C)CC2)c1.C[C@@H](NC(=O)OC(C)(C)C)c1cccc(OS(=O)(=O)C(F)(F)F)c1. The van der Waals surface area contributed by atoms with Gasteiger partial charge in [0.05, 0.1) is 12.1 Å². The van der Waals surface area contributed by atoms with Crippen LogP contribution in [0.3, 0.4) is 0 Å². The first-order valence-corrected chi connectivity index (χ1v) is 16.5. The number of carbonyl (C=O) groups excluding carboxylic acids is 2. The predicted molar refractivity (Wildman–Crippen MR) is 174 cm³/mol.